The topological polar surface area (TPSA) is 41.1 Å². The fourth-order valence-corrected chi connectivity index (χ4v) is 3.42. The van der Waals surface area contributed by atoms with Crippen molar-refractivity contribution >= 4 is 0 Å². The maximum Gasteiger partial charge on any atom is 0.142 e. The van der Waals surface area contributed by atoms with Gasteiger partial charge in [0.05, 0.1) is 6.54 Å². The summed E-state index contributed by atoms with van der Waals surface area (Å²) in [5.74, 6) is 0.962. The SMILES string of the molecule is c1cnc(CN2CCNCC23CCCCC3)nc1. The second kappa shape index (κ2) is 5.33. The van der Waals surface area contributed by atoms with E-state index in [1.54, 1.807) is 0 Å². The number of nitrogens with one attached hydrogen (secondary N) is 1. The summed E-state index contributed by atoms with van der Waals surface area (Å²) >= 11 is 0. The highest BCUT2D eigenvalue weighted by Gasteiger charge is 2.39. The van der Waals surface area contributed by atoms with Gasteiger partial charge in [-0.1, -0.05) is 19.3 Å². The molecule has 4 nitrogen and oxygen atoms in total. The summed E-state index contributed by atoms with van der Waals surface area (Å²) in [6.45, 7) is 4.26. The van der Waals surface area contributed by atoms with Crippen LogP contribution in [0.2, 0.25) is 0 Å². The molecular formula is C14H22N4. The fourth-order valence-electron chi connectivity index (χ4n) is 3.42. The molecule has 2 fully saturated rings. The number of rotatable bonds is 2. The third kappa shape index (κ3) is 2.40. The summed E-state index contributed by atoms with van der Waals surface area (Å²) in [7, 11) is 0. The first-order chi connectivity index (χ1) is 8.89. The zero-order chi connectivity index (χ0) is 12.3. The van der Waals surface area contributed by atoms with E-state index in [1.807, 2.05) is 18.5 Å². The summed E-state index contributed by atoms with van der Waals surface area (Å²) in [6.07, 6.45) is 10.5. The second-order valence-electron chi connectivity index (χ2n) is 5.55. The lowest BCUT2D eigenvalue weighted by Crippen LogP contribution is -2.61. The van der Waals surface area contributed by atoms with Crippen LogP contribution in [0.25, 0.3) is 0 Å². The first kappa shape index (κ1) is 12.1. The third-order valence-corrected chi connectivity index (χ3v) is 4.42. The van der Waals surface area contributed by atoms with Gasteiger partial charge in [0.2, 0.25) is 0 Å². The molecule has 0 aromatic carbocycles. The molecule has 1 saturated heterocycles. The Kier molecular flexibility index (Phi) is 3.57. The van der Waals surface area contributed by atoms with Gasteiger partial charge in [-0.2, -0.15) is 0 Å². The number of hydrogen-bond donors (Lipinski definition) is 1. The minimum atomic E-state index is 0.371. The molecule has 0 unspecified atom stereocenters. The normalized spacial score (nSPS) is 24.2. The third-order valence-electron chi connectivity index (χ3n) is 4.42. The lowest BCUT2D eigenvalue weighted by atomic mass is 9.79. The largest absolute Gasteiger partial charge is 0.314 e. The van der Waals surface area contributed by atoms with Crippen LogP contribution in [0.15, 0.2) is 18.5 Å². The zero-order valence-corrected chi connectivity index (χ0v) is 10.9. The standard InChI is InChI=1S/C14H22N4/c1-2-5-14(6-3-1)12-15-9-10-18(14)11-13-16-7-4-8-17-13/h4,7-8,15H,1-3,5-6,9-12H2. The molecule has 2 aliphatic rings. The Morgan fingerprint density at radius 2 is 1.94 bits per heavy atom. The summed E-state index contributed by atoms with van der Waals surface area (Å²) in [4.78, 5) is 11.4. The molecule has 1 saturated carbocycles. The van der Waals surface area contributed by atoms with Crippen molar-refractivity contribution in [3.8, 4) is 0 Å². The Hall–Kier alpha value is -1.00. The van der Waals surface area contributed by atoms with Gasteiger partial charge >= 0.3 is 0 Å². The van der Waals surface area contributed by atoms with Gasteiger partial charge in [-0.15, -0.1) is 0 Å². The van der Waals surface area contributed by atoms with Crippen molar-refractivity contribution in [2.75, 3.05) is 19.6 Å². The van der Waals surface area contributed by atoms with Gasteiger partial charge in [0, 0.05) is 37.6 Å². The summed E-state index contributed by atoms with van der Waals surface area (Å²) < 4.78 is 0. The maximum atomic E-state index is 4.38. The summed E-state index contributed by atoms with van der Waals surface area (Å²) in [5.41, 5.74) is 0.371. The Labute approximate surface area is 109 Å². The van der Waals surface area contributed by atoms with Crippen molar-refractivity contribution in [1.82, 2.24) is 20.2 Å². The van der Waals surface area contributed by atoms with Crippen LogP contribution < -0.4 is 5.32 Å². The van der Waals surface area contributed by atoms with Crippen LogP contribution in [0.5, 0.6) is 0 Å². The Morgan fingerprint density at radius 1 is 1.17 bits per heavy atom. The van der Waals surface area contributed by atoms with E-state index >= 15 is 0 Å². The predicted molar refractivity (Wildman–Crippen MR) is 71.1 cm³/mol. The van der Waals surface area contributed by atoms with E-state index in [2.05, 4.69) is 20.2 Å². The zero-order valence-electron chi connectivity index (χ0n) is 10.9. The molecule has 1 N–H and O–H groups in total. The minimum absolute atomic E-state index is 0.371. The Bertz CT molecular complexity index is 364. The molecular weight excluding hydrogens is 224 g/mol. The van der Waals surface area contributed by atoms with E-state index in [0.717, 1.165) is 32.0 Å². The quantitative estimate of drug-likeness (QED) is 0.860. The van der Waals surface area contributed by atoms with Crippen LogP contribution >= 0.6 is 0 Å². The monoisotopic (exact) mass is 246 g/mol. The summed E-state index contributed by atoms with van der Waals surface area (Å²) in [5, 5.41) is 3.58. The molecule has 0 atom stereocenters. The molecule has 98 valence electrons. The van der Waals surface area contributed by atoms with E-state index in [4.69, 9.17) is 0 Å². The van der Waals surface area contributed by atoms with Crippen molar-refractivity contribution < 1.29 is 0 Å². The average Bonchev–Trinajstić information content (AvgIpc) is 2.44. The Morgan fingerprint density at radius 3 is 2.72 bits per heavy atom. The highest BCUT2D eigenvalue weighted by molar-refractivity contribution is 5.00. The van der Waals surface area contributed by atoms with Crippen molar-refractivity contribution in [3.05, 3.63) is 24.3 Å². The average molecular weight is 246 g/mol. The number of piperazine rings is 1. The fraction of sp³-hybridized carbons (Fsp3) is 0.714. The van der Waals surface area contributed by atoms with Crippen molar-refractivity contribution in [2.45, 2.75) is 44.2 Å². The highest BCUT2D eigenvalue weighted by atomic mass is 15.3. The highest BCUT2D eigenvalue weighted by Crippen LogP contribution is 2.35. The second-order valence-corrected chi connectivity index (χ2v) is 5.55. The predicted octanol–water partition coefficient (Wildman–Crippen LogP) is 1.58. The molecule has 3 rings (SSSR count). The smallest absolute Gasteiger partial charge is 0.142 e. The molecule has 2 heterocycles. The molecule has 1 aliphatic heterocycles. The van der Waals surface area contributed by atoms with Crippen LogP contribution in [-0.4, -0.2) is 40.0 Å². The van der Waals surface area contributed by atoms with Gasteiger partial charge in [0.15, 0.2) is 0 Å². The van der Waals surface area contributed by atoms with E-state index < -0.39 is 0 Å². The van der Waals surface area contributed by atoms with Crippen molar-refractivity contribution in [2.24, 2.45) is 0 Å². The van der Waals surface area contributed by atoms with Crippen molar-refractivity contribution in [3.63, 3.8) is 0 Å². The first-order valence-corrected chi connectivity index (χ1v) is 7.11. The van der Waals surface area contributed by atoms with E-state index in [-0.39, 0.29) is 0 Å². The van der Waals surface area contributed by atoms with Gasteiger partial charge in [0.25, 0.3) is 0 Å². The number of hydrogen-bond acceptors (Lipinski definition) is 4. The van der Waals surface area contributed by atoms with Gasteiger partial charge in [-0.3, -0.25) is 4.90 Å². The van der Waals surface area contributed by atoms with Gasteiger partial charge in [-0.25, -0.2) is 9.97 Å². The molecule has 0 bridgehead atoms. The molecule has 0 amide bonds. The molecule has 0 radical (unpaired) electrons. The molecule has 1 aromatic heterocycles. The van der Waals surface area contributed by atoms with Crippen LogP contribution in [0.1, 0.15) is 37.9 Å². The summed E-state index contributed by atoms with van der Waals surface area (Å²) in [6, 6.07) is 1.89. The molecule has 1 spiro atoms. The van der Waals surface area contributed by atoms with Gasteiger partial charge < -0.3 is 5.32 Å². The van der Waals surface area contributed by atoms with Crippen LogP contribution in [-0.2, 0) is 6.54 Å². The van der Waals surface area contributed by atoms with Crippen LogP contribution in [0, 0.1) is 0 Å². The number of aromatic nitrogens is 2. The Balaban J connectivity index is 1.75. The maximum absolute atomic E-state index is 4.38. The van der Waals surface area contributed by atoms with E-state index in [1.165, 1.54) is 32.1 Å². The molecule has 1 aromatic rings. The first-order valence-electron chi connectivity index (χ1n) is 7.11. The van der Waals surface area contributed by atoms with Gasteiger partial charge in [-0.05, 0) is 18.9 Å². The minimum Gasteiger partial charge on any atom is -0.314 e. The van der Waals surface area contributed by atoms with E-state index in [9.17, 15) is 0 Å². The van der Waals surface area contributed by atoms with Crippen LogP contribution in [0.3, 0.4) is 0 Å². The van der Waals surface area contributed by atoms with E-state index in [0.29, 0.717) is 5.54 Å². The lowest BCUT2D eigenvalue weighted by molar-refractivity contribution is 0.0189. The number of nitrogens with zero attached hydrogens (tertiary/aromatic N) is 3. The van der Waals surface area contributed by atoms with Crippen molar-refractivity contribution in [1.29, 1.82) is 0 Å². The van der Waals surface area contributed by atoms with Crippen LogP contribution in [0.4, 0.5) is 0 Å². The lowest BCUT2D eigenvalue weighted by Gasteiger charge is -2.49. The molecule has 18 heavy (non-hydrogen) atoms. The van der Waals surface area contributed by atoms with Gasteiger partial charge in [0.1, 0.15) is 5.82 Å². The molecule has 1 aliphatic carbocycles. The molecule has 4 heteroatoms.